The second kappa shape index (κ2) is 16.3. The van der Waals surface area contributed by atoms with Crippen molar-refractivity contribution in [2.24, 2.45) is 5.73 Å². The standard InChI is InChI=1S/C14H30N6O3.ClH/c1-2-3-4-5-6-7-10-17-13(21)12(15)9-8-11-18-14(16)19-20(22)23;/h12H,2-11,15H2,1H3,(H,17,21)(H3,16,18,19);1H. The number of guanidine groups is 1. The molecule has 142 valence electrons. The molecule has 0 radical (unpaired) electrons. The number of nitro groups is 1. The van der Waals surface area contributed by atoms with Gasteiger partial charge >= 0.3 is 0 Å². The number of nitrogens with one attached hydrogen (secondary N) is 4. The van der Waals surface area contributed by atoms with Crippen molar-refractivity contribution in [1.82, 2.24) is 16.1 Å². The number of hydrogen-bond acceptors (Lipinski definition) is 5. The number of carbonyl (C=O) groups is 1. The van der Waals surface area contributed by atoms with Crippen molar-refractivity contribution in [3.8, 4) is 0 Å². The first-order chi connectivity index (χ1) is 11.0. The maximum absolute atomic E-state index is 11.8. The predicted octanol–water partition coefficient (Wildman–Crippen LogP) is 1.30. The third kappa shape index (κ3) is 15.3. The van der Waals surface area contributed by atoms with Gasteiger partial charge in [-0.3, -0.25) is 10.2 Å². The maximum atomic E-state index is 11.8. The quantitative estimate of drug-likeness (QED) is 0.109. The van der Waals surface area contributed by atoms with Crippen LogP contribution in [0, 0.1) is 15.5 Å². The van der Waals surface area contributed by atoms with E-state index in [-0.39, 0.29) is 24.3 Å². The van der Waals surface area contributed by atoms with Crippen LogP contribution in [0.25, 0.3) is 0 Å². The summed E-state index contributed by atoms with van der Waals surface area (Å²) in [5.74, 6) is -0.548. The van der Waals surface area contributed by atoms with E-state index in [1.165, 1.54) is 25.7 Å². The molecule has 0 bridgehead atoms. The number of halogens is 1. The van der Waals surface area contributed by atoms with Crippen LogP contribution >= 0.6 is 12.4 Å². The Morgan fingerprint density at radius 3 is 2.33 bits per heavy atom. The second-order valence-electron chi connectivity index (χ2n) is 5.48. The lowest BCUT2D eigenvalue weighted by Crippen LogP contribution is -2.42. The third-order valence-electron chi connectivity index (χ3n) is 3.36. The summed E-state index contributed by atoms with van der Waals surface area (Å²) in [4.78, 5) is 21.8. The smallest absolute Gasteiger partial charge is 0.251 e. The van der Waals surface area contributed by atoms with Gasteiger partial charge in [-0.25, -0.2) is 10.1 Å². The highest BCUT2D eigenvalue weighted by molar-refractivity contribution is 5.85. The zero-order chi connectivity index (χ0) is 17.5. The molecule has 1 atom stereocenters. The molecule has 0 aromatic rings. The Morgan fingerprint density at radius 2 is 1.71 bits per heavy atom. The molecule has 9 nitrogen and oxygen atoms in total. The van der Waals surface area contributed by atoms with Crippen LogP contribution in [0.3, 0.4) is 0 Å². The van der Waals surface area contributed by atoms with Gasteiger partial charge in [0.05, 0.1) is 6.04 Å². The van der Waals surface area contributed by atoms with Gasteiger partial charge in [0.25, 0.3) is 5.96 Å². The lowest BCUT2D eigenvalue weighted by Gasteiger charge is -2.12. The Kier molecular flexibility index (Phi) is 16.7. The van der Waals surface area contributed by atoms with E-state index in [9.17, 15) is 14.9 Å². The molecular formula is C14H31ClN6O3. The van der Waals surface area contributed by atoms with E-state index >= 15 is 0 Å². The van der Waals surface area contributed by atoms with E-state index in [0.29, 0.717) is 25.9 Å². The molecule has 1 amide bonds. The van der Waals surface area contributed by atoms with Gasteiger partial charge in [0.1, 0.15) is 0 Å². The fourth-order valence-corrected chi connectivity index (χ4v) is 2.05. The highest BCUT2D eigenvalue weighted by Crippen LogP contribution is 2.04. The van der Waals surface area contributed by atoms with Crippen molar-refractivity contribution in [3.05, 3.63) is 10.1 Å². The summed E-state index contributed by atoms with van der Waals surface area (Å²) in [6.07, 6.45) is 8.03. The van der Waals surface area contributed by atoms with Crippen molar-refractivity contribution in [3.63, 3.8) is 0 Å². The normalized spacial score (nSPS) is 11.1. The molecule has 0 spiro atoms. The van der Waals surface area contributed by atoms with Crippen LogP contribution in [-0.2, 0) is 4.79 Å². The Balaban J connectivity index is 0. The molecule has 0 fully saturated rings. The molecule has 1 unspecified atom stereocenters. The van der Waals surface area contributed by atoms with Gasteiger partial charge in [-0.05, 0) is 19.3 Å². The molecule has 0 aliphatic heterocycles. The lowest BCUT2D eigenvalue weighted by molar-refractivity contribution is -0.525. The van der Waals surface area contributed by atoms with Gasteiger partial charge in [0.15, 0.2) is 5.03 Å². The number of hydrogen-bond donors (Lipinski definition) is 5. The lowest BCUT2D eigenvalue weighted by atomic mass is 10.1. The highest BCUT2D eigenvalue weighted by Gasteiger charge is 2.12. The number of nitrogens with zero attached hydrogens (tertiary/aromatic N) is 1. The summed E-state index contributed by atoms with van der Waals surface area (Å²) in [6.45, 7) is 3.17. The van der Waals surface area contributed by atoms with Gasteiger partial charge in [-0.1, -0.05) is 44.5 Å². The molecule has 0 rings (SSSR count). The molecule has 10 heteroatoms. The van der Waals surface area contributed by atoms with E-state index in [4.69, 9.17) is 11.1 Å². The largest absolute Gasteiger partial charge is 0.355 e. The number of rotatable bonds is 13. The second-order valence-corrected chi connectivity index (χ2v) is 5.48. The van der Waals surface area contributed by atoms with Crippen molar-refractivity contribution < 1.29 is 9.83 Å². The van der Waals surface area contributed by atoms with Gasteiger partial charge < -0.3 is 16.4 Å². The first-order valence-electron chi connectivity index (χ1n) is 8.24. The van der Waals surface area contributed by atoms with Crippen LogP contribution in [0.15, 0.2) is 0 Å². The zero-order valence-corrected chi connectivity index (χ0v) is 15.1. The van der Waals surface area contributed by atoms with Crippen LogP contribution < -0.4 is 21.8 Å². The van der Waals surface area contributed by atoms with Crippen LogP contribution in [0.1, 0.15) is 58.3 Å². The van der Waals surface area contributed by atoms with Gasteiger partial charge in [-0.15, -0.1) is 12.4 Å². The molecule has 0 aromatic heterocycles. The molecule has 0 aliphatic rings. The SMILES string of the molecule is CCCCCCCCNC(=O)C(N)CCCNC(=N)N[N+](=O)[O-].Cl. The summed E-state index contributed by atoms with van der Waals surface area (Å²) < 4.78 is 0. The number of amides is 1. The third-order valence-corrected chi connectivity index (χ3v) is 3.36. The zero-order valence-electron chi connectivity index (χ0n) is 14.3. The number of nitrogens with two attached hydrogens (primary N) is 1. The van der Waals surface area contributed by atoms with E-state index in [0.717, 1.165) is 12.8 Å². The maximum Gasteiger partial charge on any atom is 0.251 e. The monoisotopic (exact) mass is 366 g/mol. The minimum Gasteiger partial charge on any atom is -0.355 e. The summed E-state index contributed by atoms with van der Waals surface area (Å²) in [6, 6.07) is -0.588. The van der Waals surface area contributed by atoms with Crippen molar-refractivity contribution in [1.29, 1.82) is 5.41 Å². The van der Waals surface area contributed by atoms with E-state index in [1.807, 2.05) is 0 Å². The van der Waals surface area contributed by atoms with Crippen LogP contribution in [0.4, 0.5) is 0 Å². The van der Waals surface area contributed by atoms with E-state index in [1.54, 1.807) is 5.43 Å². The topological polar surface area (TPSA) is 146 Å². The van der Waals surface area contributed by atoms with Crippen LogP contribution in [0.2, 0.25) is 0 Å². The molecule has 0 heterocycles. The predicted molar refractivity (Wildman–Crippen MR) is 96.7 cm³/mol. The molecular weight excluding hydrogens is 336 g/mol. The fourth-order valence-electron chi connectivity index (χ4n) is 2.05. The highest BCUT2D eigenvalue weighted by atomic mass is 35.5. The van der Waals surface area contributed by atoms with E-state index < -0.39 is 11.1 Å². The van der Waals surface area contributed by atoms with Crippen molar-refractivity contribution in [2.75, 3.05) is 13.1 Å². The Labute approximate surface area is 149 Å². The van der Waals surface area contributed by atoms with Crippen molar-refractivity contribution in [2.45, 2.75) is 64.3 Å². The molecule has 0 saturated heterocycles. The van der Waals surface area contributed by atoms with Gasteiger partial charge in [-0.2, -0.15) is 0 Å². The molecule has 24 heavy (non-hydrogen) atoms. The minimum absolute atomic E-state index is 0. The average molecular weight is 367 g/mol. The summed E-state index contributed by atoms with van der Waals surface area (Å²) in [5.41, 5.74) is 7.47. The Morgan fingerprint density at radius 1 is 1.12 bits per heavy atom. The Hall–Kier alpha value is -1.61. The molecule has 6 N–H and O–H groups in total. The number of unbranched alkanes of at least 4 members (excludes halogenated alkanes) is 5. The molecule has 0 aliphatic carbocycles. The van der Waals surface area contributed by atoms with E-state index in [2.05, 4.69) is 17.6 Å². The van der Waals surface area contributed by atoms with Crippen LogP contribution in [0.5, 0.6) is 0 Å². The Bertz CT molecular complexity index is 370. The molecule has 0 aromatic carbocycles. The van der Waals surface area contributed by atoms with Gasteiger partial charge in [0, 0.05) is 13.1 Å². The number of carbonyl (C=O) groups excluding carboxylic acids is 1. The van der Waals surface area contributed by atoms with Gasteiger partial charge in [0.2, 0.25) is 5.91 Å². The summed E-state index contributed by atoms with van der Waals surface area (Å²) in [7, 11) is 0. The summed E-state index contributed by atoms with van der Waals surface area (Å²) >= 11 is 0. The average Bonchev–Trinajstić information content (AvgIpc) is 2.49. The van der Waals surface area contributed by atoms with Crippen molar-refractivity contribution >= 4 is 24.3 Å². The first-order valence-corrected chi connectivity index (χ1v) is 8.24. The first kappa shape index (κ1) is 24.6. The summed E-state index contributed by atoms with van der Waals surface area (Å²) in [5, 5.41) is 21.8. The fraction of sp³-hybridized carbons (Fsp3) is 0.857. The number of hydrazine groups is 1. The minimum atomic E-state index is -0.809. The van der Waals surface area contributed by atoms with Crippen LogP contribution in [-0.4, -0.2) is 36.0 Å². The molecule has 0 saturated carbocycles.